The highest BCUT2D eigenvalue weighted by atomic mass is 16.6. The summed E-state index contributed by atoms with van der Waals surface area (Å²) in [6.45, 7) is 11.0. The van der Waals surface area contributed by atoms with Crippen molar-refractivity contribution >= 4 is 11.9 Å². The van der Waals surface area contributed by atoms with Crippen LogP contribution in [0.1, 0.15) is 41.5 Å². The first-order valence-corrected chi connectivity index (χ1v) is 14.8. The molecule has 3 aromatic carbocycles. The highest BCUT2D eigenvalue weighted by Gasteiger charge is 2.24. The summed E-state index contributed by atoms with van der Waals surface area (Å²) in [6, 6.07) is 18.6. The minimum atomic E-state index is -0.613. The standard InChI is InChI=1S/C35H39N3O8/c1-34(2,3)32(41)45-18-16-43-23-12-14-25(27(39)20-23)30-36-29(22-10-8-7-9-11-22)37-31(38-30)26-15-13-24(21-28(26)40)44-17-19-46-33(42)35(4,5)6/h7-15,20-21,39-40H,16-19H2,1-6H3. The highest BCUT2D eigenvalue weighted by Crippen LogP contribution is 2.35. The van der Waals surface area contributed by atoms with Gasteiger partial charge in [0.25, 0.3) is 0 Å². The molecule has 0 spiro atoms. The summed E-state index contributed by atoms with van der Waals surface area (Å²) >= 11 is 0. The van der Waals surface area contributed by atoms with Gasteiger partial charge in [-0.1, -0.05) is 30.3 Å². The highest BCUT2D eigenvalue weighted by molar-refractivity contribution is 5.76. The first kappa shape index (κ1) is 33.7. The predicted octanol–water partition coefficient (Wildman–Crippen LogP) is 6.22. The molecule has 0 aliphatic carbocycles. The number of hydrogen-bond acceptors (Lipinski definition) is 11. The van der Waals surface area contributed by atoms with E-state index in [4.69, 9.17) is 18.9 Å². The summed E-state index contributed by atoms with van der Waals surface area (Å²) < 4.78 is 21.8. The Labute approximate surface area is 268 Å². The van der Waals surface area contributed by atoms with E-state index < -0.39 is 10.8 Å². The van der Waals surface area contributed by atoms with Gasteiger partial charge in [0, 0.05) is 17.7 Å². The van der Waals surface area contributed by atoms with Crippen molar-refractivity contribution in [3.63, 3.8) is 0 Å². The maximum absolute atomic E-state index is 12.0. The molecular weight excluding hydrogens is 590 g/mol. The van der Waals surface area contributed by atoms with Crippen molar-refractivity contribution in [1.82, 2.24) is 15.0 Å². The van der Waals surface area contributed by atoms with E-state index in [9.17, 15) is 19.8 Å². The van der Waals surface area contributed by atoms with Crippen LogP contribution >= 0.6 is 0 Å². The van der Waals surface area contributed by atoms with Gasteiger partial charge in [0.05, 0.1) is 22.0 Å². The third-order valence-electron chi connectivity index (χ3n) is 6.48. The van der Waals surface area contributed by atoms with Crippen LogP contribution in [0.15, 0.2) is 66.7 Å². The lowest BCUT2D eigenvalue weighted by Crippen LogP contribution is -2.24. The van der Waals surface area contributed by atoms with Crippen LogP contribution in [0.25, 0.3) is 34.2 Å². The molecule has 0 amide bonds. The topological polar surface area (TPSA) is 150 Å². The molecule has 242 valence electrons. The van der Waals surface area contributed by atoms with Crippen LogP contribution in [0, 0.1) is 10.8 Å². The number of ether oxygens (including phenoxy) is 4. The molecule has 0 bridgehead atoms. The van der Waals surface area contributed by atoms with Crippen molar-refractivity contribution in [2.24, 2.45) is 10.8 Å². The average Bonchev–Trinajstić information content (AvgIpc) is 3.00. The number of aromatic nitrogens is 3. The molecule has 0 atom stereocenters. The van der Waals surface area contributed by atoms with Gasteiger partial charge >= 0.3 is 11.9 Å². The maximum Gasteiger partial charge on any atom is 0.311 e. The lowest BCUT2D eigenvalue weighted by Gasteiger charge is -2.17. The van der Waals surface area contributed by atoms with Gasteiger partial charge in [0.1, 0.15) is 49.4 Å². The summed E-state index contributed by atoms with van der Waals surface area (Å²) in [5.74, 6) is 0.476. The van der Waals surface area contributed by atoms with Crippen molar-refractivity contribution in [3.05, 3.63) is 66.7 Å². The number of rotatable bonds is 11. The zero-order chi connectivity index (χ0) is 33.5. The fourth-order valence-corrected chi connectivity index (χ4v) is 3.93. The Balaban J connectivity index is 1.55. The predicted molar refractivity (Wildman–Crippen MR) is 171 cm³/mol. The van der Waals surface area contributed by atoms with E-state index in [2.05, 4.69) is 15.0 Å². The number of esters is 2. The number of benzene rings is 3. The molecule has 0 aliphatic heterocycles. The van der Waals surface area contributed by atoms with Crippen LogP contribution in [0.5, 0.6) is 23.0 Å². The summed E-state index contributed by atoms with van der Waals surface area (Å²) in [4.78, 5) is 37.7. The second-order valence-electron chi connectivity index (χ2n) is 12.5. The number of aromatic hydroxyl groups is 2. The molecule has 0 fully saturated rings. The van der Waals surface area contributed by atoms with Gasteiger partial charge in [0.2, 0.25) is 0 Å². The van der Waals surface area contributed by atoms with Crippen molar-refractivity contribution in [2.45, 2.75) is 41.5 Å². The summed E-state index contributed by atoms with van der Waals surface area (Å²) in [5.41, 5.74) is 0.116. The van der Waals surface area contributed by atoms with Crippen LogP contribution in [0.2, 0.25) is 0 Å². The van der Waals surface area contributed by atoms with E-state index in [0.29, 0.717) is 34.0 Å². The zero-order valence-corrected chi connectivity index (χ0v) is 26.9. The van der Waals surface area contributed by atoms with Gasteiger partial charge < -0.3 is 29.2 Å². The van der Waals surface area contributed by atoms with Crippen molar-refractivity contribution in [1.29, 1.82) is 0 Å². The van der Waals surface area contributed by atoms with Crippen LogP contribution < -0.4 is 9.47 Å². The van der Waals surface area contributed by atoms with Gasteiger partial charge in [-0.05, 0) is 65.8 Å². The van der Waals surface area contributed by atoms with Gasteiger partial charge in [-0.25, -0.2) is 15.0 Å². The van der Waals surface area contributed by atoms with Crippen LogP contribution in [0.3, 0.4) is 0 Å². The molecule has 46 heavy (non-hydrogen) atoms. The van der Waals surface area contributed by atoms with Crippen molar-refractivity contribution in [2.75, 3.05) is 26.4 Å². The molecule has 4 rings (SSSR count). The smallest absolute Gasteiger partial charge is 0.311 e. The summed E-state index contributed by atoms with van der Waals surface area (Å²) in [6.07, 6.45) is 0. The zero-order valence-electron chi connectivity index (χ0n) is 26.9. The van der Waals surface area contributed by atoms with Gasteiger partial charge in [-0.3, -0.25) is 9.59 Å². The molecule has 0 saturated carbocycles. The fourth-order valence-electron chi connectivity index (χ4n) is 3.93. The Hall–Kier alpha value is -5.19. The first-order chi connectivity index (χ1) is 21.7. The number of nitrogens with zero attached hydrogens (tertiary/aromatic N) is 3. The van der Waals surface area contributed by atoms with Gasteiger partial charge in [-0.2, -0.15) is 0 Å². The van der Waals surface area contributed by atoms with Crippen molar-refractivity contribution < 1.29 is 38.7 Å². The average molecular weight is 630 g/mol. The molecule has 0 aliphatic rings. The molecule has 0 radical (unpaired) electrons. The minimum Gasteiger partial charge on any atom is -0.507 e. The number of hydrogen-bond donors (Lipinski definition) is 2. The molecule has 4 aromatic rings. The van der Waals surface area contributed by atoms with Crippen LogP contribution in [-0.2, 0) is 19.1 Å². The van der Waals surface area contributed by atoms with Crippen molar-refractivity contribution in [3.8, 4) is 57.2 Å². The quantitative estimate of drug-likeness (QED) is 0.144. The molecule has 0 saturated heterocycles. The molecule has 2 N–H and O–H groups in total. The Kier molecular flexibility index (Phi) is 10.5. The van der Waals surface area contributed by atoms with E-state index in [1.807, 2.05) is 30.3 Å². The summed E-state index contributed by atoms with van der Waals surface area (Å²) in [5, 5.41) is 21.9. The Morgan fingerprint density at radius 3 is 1.39 bits per heavy atom. The lowest BCUT2D eigenvalue weighted by molar-refractivity contribution is -0.154. The third-order valence-corrected chi connectivity index (χ3v) is 6.48. The monoisotopic (exact) mass is 629 g/mol. The van der Waals surface area contributed by atoms with Gasteiger partial charge in [-0.15, -0.1) is 0 Å². The molecule has 11 heteroatoms. The van der Waals surface area contributed by atoms with E-state index >= 15 is 0 Å². The Morgan fingerprint density at radius 2 is 1.00 bits per heavy atom. The molecule has 0 unspecified atom stereocenters. The van der Waals surface area contributed by atoms with E-state index in [-0.39, 0.29) is 61.5 Å². The largest absolute Gasteiger partial charge is 0.507 e. The SMILES string of the molecule is CC(C)(C)C(=O)OCCOc1ccc(-c2nc(-c3ccccc3)nc(-c3ccc(OCCOC(=O)C(C)(C)C)cc3O)n2)c(O)c1. The number of phenols is 2. The number of phenolic OH excluding ortho intramolecular Hbond substituents is 2. The first-order valence-electron chi connectivity index (χ1n) is 14.8. The number of carbonyl (C=O) groups is 2. The molecular formula is C35H39N3O8. The lowest BCUT2D eigenvalue weighted by atomic mass is 9.97. The number of carbonyl (C=O) groups excluding carboxylic acids is 2. The second kappa shape index (κ2) is 14.3. The fraction of sp³-hybridized carbons (Fsp3) is 0.343. The van der Waals surface area contributed by atoms with E-state index in [1.165, 1.54) is 12.1 Å². The van der Waals surface area contributed by atoms with Crippen LogP contribution in [-0.4, -0.2) is 63.5 Å². The molecule has 11 nitrogen and oxygen atoms in total. The summed E-state index contributed by atoms with van der Waals surface area (Å²) in [7, 11) is 0. The van der Waals surface area contributed by atoms with E-state index in [1.54, 1.807) is 65.8 Å². The second-order valence-corrected chi connectivity index (χ2v) is 12.5. The normalized spacial score (nSPS) is 11.5. The molecule has 1 aromatic heterocycles. The van der Waals surface area contributed by atoms with E-state index in [0.717, 1.165) is 0 Å². The maximum atomic E-state index is 12.0. The minimum absolute atomic E-state index is 0.0633. The molecule has 1 heterocycles. The Morgan fingerprint density at radius 1 is 0.587 bits per heavy atom. The third kappa shape index (κ3) is 8.93. The van der Waals surface area contributed by atoms with Gasteiger partial charge in [0.15, 0.2) is 17.5 Å². The Bertz CT molecular complexity index is 1580. The van der Waals surface area contributed by atoms with Crippen LogP contribution in [0.4, 0.5) is 0 Å².